The van der Waals surface area contributed by atoms with E-state index in [4.69, 9.17) is 26.5 Å². The predicted octanol–water partition coefficient (Wildman–Crippen LogP) is 3.88. The highest BCUT2D eigenvalue weighted by atomic mass is 35.5. The Morgan fingerprint density at radius 1 is 1.42 bits per heavy atom. The Kier molecular flexibility index (Phi) is 7.28. The first-order chi connectivity index (χ1) is 11.7. The van der Waals surface area contributed by atoms with Crippen LogP contribution < -0.4 is 5.32 Å². The second-order valence-electron chi connectivity index (χ2n) is 5.92. The lowest BCUT2D eigenvalue weighted by molar-refractivity contribution is -0.122. The van der Waals surface area contributed by atoms with Crippen LogP contribution in [0.2, 0.25) is 5.02 Å². The molecule has 2 aromatic rings. The fourth-order valence-electron chi connectivity index (χ4n) is 3.08. The van der Waals surface area contributed by atoms with Crippen molar-refractivity contribution in [3.8, 4) is 0 Å². The molecule has 0 saturated carbocycles. The molecule has 1 aromatic carbocycles. The maximum absolute atomic E-state index is 8.36. The lowest BCUT2D eigenvalue weighted by Crippen LogP contribution is -2.42. The molecular formula is C18H24ClN3O2. The van der Waals surface area contributed by atoms with Crippen LogP contribution in [0.4, 0.5) is 5.82 Å². The third-order valence-electron chi connectivity index (χ3n) is 4.05. The van der Waals surface area contributed by atoms with E-state index < -0.39 is 0 Å². The number of aromatic nitrogens is 1. The molecule has 6 heteroatoms. The molecule has 2 N–H and O–H groups in total. The van der Waals surface area contributed by atoms with E-state index in [9.17, 15) is 0 Å². The number of hydrogen-bond donors (Lipinski definition) is 2. The third kappa shape index (κ3) is 5.35. The summed E-state index contributed by atoms with van der Waals surface area (Å²) in [5.74, 6) is 0.966. The Bertz CT molecular complexity index is 664. The molecule has 5 nitrogen and oxygen atoms in total. The number of nitrogens with zero attached hydrogens (tertiary/aromatic N) is 2. The van der Waals surface area contributed by atoms with Gasteiger partial charge in [0.05, 0.1) is 5.52 Å². The number of likely N-dealkylation sites (tertiary alicyclic amines) is 1. The Labute approximate surface area is 147 Å². The maximum atomic E-state index is 8.36. The van der Waals surface area contributed by atoms with E-state index in [0.717, 1.165) is 28.3 Å². The zero-order chi connectivity index (χ0) is 17.4. The second-order valence-corrected chi connectivity index (χ2v) is 6.36. The average molecular weight is 350 g/mol. The van der Waals surface area contributed by atoms with Gasteiger partial charge in [0.2, 0.25) is 0 Å². The van der Waals surface area contributed by atoms with Crippen molar-refractivity contribution in [2.45, 2.75) is 32.2 Å². The lowest BCUT2D eigenvalue weighted by atomic mass is 10.1. The number of halogens is 1. The average Bonchev–Trinajstić information content (AvgIpc) is 2.56. The van der Waals surface area contributed by atoms with Crippen molar-refractivity contribution in [2.75, 3.05) is 25.0 Å². The van der Waals surface area contributed by atoms with Crippen LogP contribution in [-0.2, 0) is 4.79 Å². The number of carbonyl (C=O) groups is 1. The third-order valence-corrected chi connectivity index (χ3v) is 4.28. The zero-order valence-electron chi connectivity index (χ0n) is 13.9. The lowest BCUT2D eigenvalue weighted by Gasteiger charge is -2.33. The summed E-state index contributed by atoms with van der Waals surface area (Å²) >= 11 is 6.01. The van der Waals surface area contributed by atoms with Gasteiger partial charge in [0, 0.05) is 23.0 Å². The molecule has 1 unspecified atom stereocenters. The molecule has 24 heavy (non-hydrogen) atoms. The maximum Gasteiger partial charge on any atom is 0.290 e. The number of piperidine rings is 1. The van der Waals surface area contributed by atoms with Gasteiger partial charge in [0.15, 0.2) is 0 Å². The number of rotatable bonds is 4. The highest BCUT2D eigenvalue weighted by Gasteiger charge is 2.19. The first-order valence-electron chi connectivity index (χ1n) is 8.29. The molecule has 3 rings (SSSR count). The van der Waals surface area contributed by atoms with Crippen molar-refractivity contribution in [1.82, 2.24) is 9.88 Å². The van der Waals surface area contributed by atoms with E-state index in [1.165, 1.54) is 32.4 Å². The molecule has 2 heterocycles. The molecule has 0 aliphatic carbocycles. The molecule has 130 valence electrons. The van der Waals surface area contributed by atoms with Crippen LogP contribution in [-0.4, -0.2) is 47.1 Å². The minimum absolute atomic E-state index is 0.250. The van der Waals surface area contributed by atoms with Crippen molar-refractivity contribution < 1.29 is 9.90 Å². The minimum Gasteiger partial charge on any atom is -0.483 e. The number of hydrogen-bond acceptors (Lipinski definition) is 4. The summed E-state index contributed by atoms with van der Waals surface area (Å²) in [6, 6.07) is 10.5. The Hall–Kier alpha value is -1.85. The number of pyridine rings is 1. The first-order valence-corrected chi connectivity index (χ1v) is 8.67. The summed E-state index contributed by atoms with van der Waals surface area (Å²) in [4.78, 5) is 15.6. The van der Waals surface area contributed by atoms with Crippen molar-refractivity contribution in [1.29, 1.82) is 0 Å². The van der Waals surface area contributed by atoms with Gasteiger partial charge in [0.25, 0.3) is 6.47 Å². The van der Waals surface area contributed by atoms with Gasteiger partial charge in [-0.15, -0.1) is 0 Å². The van der Waals surface area contributed by atoms with E-state index in [1.807, 2.05) is 18.2 Å². The largest absolute Gasteiger partial charge is 0.483 e. The molecule has 1 atom stereocenters. The van der Waals surface area contributed by atoms with E-state index in [2.05, 4.69) is 29.3 Å². The second kappa shape index (κ2) is 9.45. The number of carboxylic acid groups (broad SMARTS) is 1. The standard InChI is InChI=1S/C17H22ClN3.CH2O2/c1-2-9-21-10-3-4-15(12-21)19-17-8-5-13-11-14(18)6-7-16(13)20-17;2-1-3/h5-8,11,15H,2-4,9-10,12H2,1H3,(H,19,20);1H,(H,2,3). The van der Waals surface area contributed by atoms with Crippen molar-refractivity contribution >= 4 is 34.8 Å². The Balaban J connectivity index is 0.000000647. The molecular weight excluding hydrogens is 326 g/mol. The van der Waals surface area contributed by atoms with Gasteiger partial charge >= 0.3 is 0 Å². The normalized spacial score (nSPS) is 17.8. The van der Waals surface area contributed by atoms with Crippen molar-refractivity contribution in [3.05, 3.63) is 35.4 Å². The molecule has 1 aliphatic rings. The molecule has 1 aliphatic heterocycles. The molecule has 1 fully saturated rings. The van der Waals surface area contributed by atoms with E-state index in [1.54, 1.807) is 0 Å². The van der Waals surface area contributed by atoms with E-state index in [-0.39, 0.29) is 6.47 Å². The van der Waals surface area contributed by atoms with Crippen LogP contribution in [0.1, 0.15) is 26.2 Å². The van der Waals surface area contributed by atoms with E-state index >= 15 is 0 Å². The van der Waals surface area contributed by atoms with Crippen LogP contribution >= 0.6 is 11.6 Å². The molecule has 0 spiro atoms. The quantitative estimate of drug-likeness (QED) is 0.820. The van der Waals surface area contributed by atoms with Gasteiger partial charge in [-0.1, -0.05) is 18.5 Å². The summed E-state index contributed by atoms with van der Waals surface area (Å²) in [5.41, 5.74) is 0.991. The van der Waals surface area contributed by atoms with Gasteiger partial charge in [-0.25, -0.2) is 4.98 Å². The van der Waals surface area contributed by atoms with Crippen LogP contribution in [0.15, 0.2) is 30.3 Å². The van der Waals surface area contributed by atoms with Crippen LogP contribution in [0, 0.1) is 0 Å². The summed E-state index contributed by atoms with van der Waals surface area (Å²) in [7, 11) is 0. The number of fused-ring (bicyclic) bond motifs is 1. The highest BCUT2D eigenvalue weighted by Crippen LogP contribution is 2.21. The van der Waals surface area contributed by atoms with Gasteiger partial charge in [0.1, 0.15) is 5.82 Å². The highest BCUT2D eigenvalue weighted by molar-refractivity contribution is 6.31. The summed E-state index contributed by atoms with van der Waals surface area (Å²) in [6.07, 6.45) is 3.71. The van der Waals surface area contributed by atoms with Gasteiger partial charge < -0.3 is 15.3 Å². The fourth-order valence-corrected chi connectivity index (χ4v) is 3.26. The molecule has 0 radical (unpaired) electrons. The number of benzene rings is 1. The van der Waals surface area contributed by atoms with Gasteiger partial charge in [-0.2, -0.15) is 0 Å². The number of nitrogens with one attached hydrogen (secondary N) is 1. The Morgan fingerprint density at radius 2 is 2.21 bits per heavy atom. The molecule has 1 aromatic heterocycles. The van der Waals surface area contributed by atoms with Crippen molar-refractivity contribution in [2.24, 2.45) is 0 Å². The molecule has 0 bridgehead atoms. The van der Waals surface area contributed by atoms with Gasteiger partial charge in [-0.05, 0) is 62.7 Å². The van der Waals surface area contributed by atoms with Crippen LogP contribution in [0.25, 0.3) is 10.9 Å². The minimum atomic E-state index is -0.250. The monoisotopic (exact) mass is 349 g/mol. The summed E-state index contributed by atoms with van der Waals surface area (Å²) < 4.78 is 0. The van der Waals surface area contributed by atoms with Crippen molar-refractivity contribution in [3.63, 3.8) is 0 Å². The molecule has 1 saturated heterocycles. The van der Waals surface area contributed by atoms with E-state index in [0.29, 0.717) is 6.04 Å². The summed E-state index contributed by atoms with van der Waals surface area (Å²) in [6.45, 7) is 5.54. The SMILES string of the molecule is CCCN1CCCC(Nc2ccc3cc(Cl)ccc3n2)C1.O=CO. The predicted molar refractivity (Wildman–Crippen MR) is 98.8 cm³/mol. The first kappa shape index (κ1) is 18.5. The number of anilines is 1. The fraction of sp³-hybridized carbons (Fsp3) is 0.444. The zero-order valence-corrected chi connectivity index (χ0v) is 14.7. The van der Waals surface area contributed by atoms with Crippen LogP contribution in [0.3, 0.4) is 0 Å². The Morgan fingerprint density at radius 3 is 2.96 bits per heavy atom. The topological polar surface area (TPSA) is 65.5 Å². The molecule has 0 amide bonds. The smallest absolute Gasteiger partial charge is 0.290 e. The van der Waals surface area contributed by atoms with Gasteiger partial charge in [-0.3, -0.25) is 4.79 Å². The summed E-state index contributed by atoms with van der Waals surface area (Å²) in [5, 5.41) is 12.3. The van der Waals surface area contributed by atoms with Crippen LogP contribution in [0.5, 0.6) is 0 Å².